The number of rotatable bonds is 1. The molecule has 0 bridgehead atoms. The van der Waals surface area contributed by atoms with Crippen LogP contribution in [0.25, 0.3) is 5.57 Å². The van der Waals surface area contributed by atoms with E-state index >= 15 is 0 Å². The number of carbonyl (C=O) groups is 1. The Labute approximate surface area is 90.5 Å². The minimum atomic E-state index is -0.104. The van der Waals surface area contributed by atoms with Gasteiger partial charge in [0, 0.05) is 21.8 Å². The first-order valence-electron chi connectivity index (χ1n) is 4.15. The van der Waals surface area contributed by atoms with E-state index in [1.165, 1.54) is 0 Å². The van der Waals surface area contributed by atoms with Gasteiger partial charge in [-0.1, -0.05) is 34.6 Å². The van der Waals surface area contributed by atoms with Crippen LogP contribution in [0.2, 0.25) is 0 Å². The van der Waals surface area contributed by atoms with Gasteiger partial charge >= 0.3 is 0 Å². The Morgan fingerprint density at radius 2 is 1.86 bits per heavy atom. The number of carbonyl (C=O) groups excluding carboxylic acids is 1. The van der Waals surface area contributed by atoms with Crippen molar-refractivity contribution in [3.63, 3.8) is 0 Å². The molecule has 0 aromatic heterocycles. The van der Waals surface area contributed by atoms with E-state index in [1.54, 1.807) is 6.08 Å². The molecule has 1 aromatic rings. The maximum atomic E-state index is 11.0. The lowest BCUT2D eigenvalue weighted by atomic mass is 10.1. The largest absolute Gasteiger partial charge is 0.322 e. The SMILES string of the molecule is C=C1NC(=O)C=C1c1ccc(Br)cc1. The normalized spacial score (nSPS) is 15.4. The van der Waals surface area contributed by atoms with Crippen molar-refractivity contribution >= 4 is 27.4 Å². The van der Waals surface area contributed by atoms with Gasteiger partial charge in [0.1, 0.15) is 0 Å². The van der Waals surface area contributed by atoms with Crippen molar-refractivity contribution in [3.05, 3.63) is 52.7 Å². The van der Waals surface area contributed by atoms with Gasteiger partial charge in [0.15, 0.2) is 0 Å². The molecule has 0 unspecified atom stereocenters. The number of benzene rings is 1. The zero-order chi connectivity index (χ0) is 10.1. The Hall–Kier alpha value is -1.35. The lowest BCUT2D eigenvalue weighted by molar-refractivity contribution is -0.115. The molecule has 0 spiro atoms. The van der Waals surface area contributed by atoms with E-state index in [-0.39, 0.29) is 5.91 Å². The Morgan fingerprint density at radius 1 is 1.21 bits per heavy atom. The van der Waals surface area contributed by atoms with Crippen LogP contribution in [0.3, 0.4) is 0 Å². The summed E-state index contributed by atoms with van der Waals surface area (Å²) in [4.78, 5) is 11.0. The van der Waals surface area contributed by atoms with E-state index in [1.807, 2.05) is 24.3 Å². The predicted molar refractivity (Wildman–Crippen MR) is 59.4 cm³/mol. The van der Waals surface area contributed by atoms with Gasteiger partial charge in [-0.05, 0) is 17.7 Å². The molecule has 1 N–H and O–H groups in total. The molecule has 0 aliphatic carbocycles. The van der Waals surface area contributed by atoms with Gasteiger partial charge in [0.2, 0.25) is 5.91 Å². The molecule has 2 rings (SSSR count). The smallest absolute Gasteiger partial charge is 0.249 e. The summed E-state index contributed by atoms with van der Waals surface area (Å²) in [5.74, 6) is -0.104. The Bertz CT molecular complexity index is 431. The minimum Gasteiger partial charge on any atom is -0.322 e. The quantitative estimate of drug-likeness (QED) is 0.815. The van der Waals surface area contributed by atoms with Crippen LogP contribution in [-0.4, -0.2) is 5.91 Å². The van der Waals surface area contributed by atoms with Gasteiger partial charge in [0.05, 0.1) is 0 Å². The molecule has 0 atom stereocenters. The molecule has 1 amide bonds. The fraction of sp³-hybridized carbons (Fsp3) is 0. The summed E-state index contributed by atoms with van der Waals surface area (Å²) in [6.07, 6.45) is 1.56. The van der Waals surface area contributed by atoms with Gasteiger partial charge in [-0.2, -0.15) is 0 Å². The molecule has 70 valence electrons. The first kappa shape index (κ1) is 9.21. The molecule has 2 nitrogen and oxygen atoms in total. The van der Waals surface area contributed by atoms with Gasteiger partial charge in [-0.15, -0.1) is 0 Å². The molecule has 3 heteroatoms. The zero-order valence-corrected chi connectivity index (χ0v) is 8.97. The maximum Gasteiger partial charge on any atom is 0.249 e. The summed E-state index contributed by atoms with van der Waals surface area (Å²) in [5.41, 5.74) is 2.52. The first-order valence-corrected chi connectivity index (χ1v) is 4.94. The van der Waals surface area contributed by atoms with Crippen molar-refractivity contribution in [1.29, 1.82) is 0 Å². The van der Waals surface area contributed by atoms with E-state index in [4.69, 9.17) is 0 Å². The molecule has 1 heterocycles. The summed E-state index contributed by atoms with van der Waals surface area (Å²) in [6.45, 7) is 3.77. The highest BCUT2D eigenvalue weighted by atomic mass is 79.9. The lowest BCUT2D eigenvalue weighted by Crippen LogP contribution is -2.12. The Kier molecular flexibility index (Phi) is 2.25. The lowest BCUT2D eigenvalue weighted by Gasteiger charge is -2.03. The monoisotopic (exact) mass is 249 g/mol. The summed E-state index contributed by atoms with van der Waals surface area (Å²) < 4.78 is 1.02. The van der Waals surface area contributed by atoms with Crippen LogP contribution in [-0.2, 0) is 4.79 Å². The molecule has 1 aliphatic rings. The van der Waals surface area contributed by atoms with Crippen LogP contribution in [0.4, 0.5) is 0 Å². The molecule has 1 aliphatic heterocycles. The van der Waals surface area contributed by atoms with Crippen molar-refractivity contribution < 1.29 is 4.79 Å². The van der Waals surface area contributed by atoms with Crippen molar-refractivity contribution in [2.45, 2.75) is 0 Å². The van der Waals surface area contributed by atoms with E-state index in [9.17, 15) is 4.79 Å². The van der Waals surface area contributed by atoms with Crippen molar-refractivity contribution in [2.75, 3.05) is 0 Å². The van der Waals surface area contributed by atoms with Crippen molar-refractivity contribution in [3.8, 4) is 0 Å². The molecule has 0 saturated heterocycles. The third-order valence-electron chi connectivity index (χ3n) is 2.03. The van der Waals surface area contributed by atoms with E-state index < -0.39 is 0 Å². The number of amides is 1. The van der Waals surface area contributed by atoms with E-state index in [0.29, 0.717) is 5.70 Å². The fourth-order valence-electron chi connectivity index (χ4n) is 1.36. The van der Waals surface area contributed by atoms with Crippen LogP contribution in [0.15, 0.2) is 47.1 Å². The topological polar surface area (TPSA) is 29.1 Å². The van der Waals surface area contributed by atoms with Gasteiger partial charge in [-0.25, -0.2) is 0 Å². The summed E-state index contributed by atoms with van der Waals surface area (Å²) >= 11 is 3.36. The Morgan fingerprint density at radius 3 is 2.36 bits per heavy atom. The highest BCUT2D eigenvalue weighted by molar-refractivity contribution is 9.10. The van der Waals surface area contributed by atoms with Crippen LogP contribution >= 0.6 is 15.9 Å². The minimum absolute atomic E-state index is 0.104. The molecule has 0 fully saturated rings. The number of hydrogen-bond donors (Lipinski definition) is 1. The Balaban J connectivity index is 2.41. The number of hydrogen-bond acceptors (Lipinski definition) is 1. The van der Waals surface area contributed by atoms with Crippen molar-refractivity contribution in [1.82, 2.24) is 5.32 Å². The van der Waals surface area contributed by atoms with Gasteiger partial charge < -0.3 is 5.32 Å². The first-order chi connectivity index (χ1) is 6.66. The highest BCUT2D eigenvalue weighted by Crippen LogP contribution is 2.25. The summed E-state index contributed by atoms with van der Waals surface area (Å²) in [6, 6.07) is 7.77. The second kappa shape index (κ2) is 3.42. The van der Waals surface area contributed by atoms with Crippen molar-refractivity contribution in [2.24, 2.45) is 0 Å². The molecule has 14 heavy (non-hydrogen) atoms. The molecular formula is C11H8BrNO. The third-order valence-corrected chi connectivity index (χ3v) is 2.56. The number of allylic oxidation sites excluding steroid dienone is 1. The standard InChI is InChI=1S/C11H8BrNO/c1-7-10(6-11(14)13-7)8-2-4-9(12)5-3-8/h2-6H,1H2,(H,13,14). The predicted octanol–water partition coefficient (Wildman–Crippen LogP) is 2.48. The second-order valence-electron chi connectivity index (χ2n) is 3.03. The average molecular weight is 250 g/mol. The van der Waals surface area contributed by atoms with Crippen LogP contribution < -0.4 is 5.32 Å². The third kappa shape index (κ3) is 1.63. The summed E-state index contributed by atoms with van der Waals surface area (Å²) in [7, 11) is 0. The fourth-order valence-corrected chi connectivity index (χ4v) is 1.62. The van der Waals surface area contributed by atoms with E-state index in [2.05, 4.69) is 27.8 Å². The molecule has 0 saturated carbocycles. The average Bonchev–Trinajstić information content (AvgIpc) is 2.47. The highest BCUT2D eigenvalue weighted by Gasteiger charge is 2.16. The van der Waals surface area contributed by atoms with Crippen LogP contribution in [0, 0.1) is 0 Å². The second-order valence-corrected chi connectivity index (χ2v) is 3.95. The van der Waals surface area contributed by atoms with Crippen LogP contribution in [0.5, 0.6) is 0 Å². The van der Waals surface area contributed by atoms with Gasteiger partial charge in [0.25, 0.3) is 0 Å². The van der Waals surface area contributed by atoms with Gasteiger partial charge in [-0.3, -0.25) is 4.79 Å². The zero-order valence-electron chi connectivity index (χ0n) is 7.38. The summed E-state index contributed by atoms with van der Waals surface area (Å²) in [5, 5.41) is 2.64. The molecule has 1 aromatic carbocycles. The number of nitrogens with one attached hydrogen (secondary N) is 1. The molecular weight excluding hydrogens is 242 g/mol. The van der Waals surface area contributed by atoms with E-state index in [0.717, 1.165) is 15.6 Å². The maximum absolute atomic E-state index is 11.0. The van der Waals surface area contributed by atoms with Crippen LogP contribution in [0.1, 0.15) is 5.56 Å². The molecule has 0 radical (unpaired) electrons. The number of halogens is 1.